The average Bonchev–Trinajstić information content (AvgIpc) is 3.32. The summed E-state index contributed by atoms with van der Waals surface area (Å²) in [4.78, 5) is 15.1. The van der Waals surface area contributed by atoms with Gasteiger partial charge in [-0.25, -0.2) is 0 Å². The molecule has 5 nitrogen and oxygen atoms in total. The molecule has 0 aliphatic carbocycles. The summed E-state index contributed by atoms with van der Waals surface area (Å²) in [6.45, 7) is 5.10. The Hall–Kier alpha value is -2.14. The highest BCUT2D eigenvalue weighted by molar-refractivity contribution is 5.77. The van der Waals surface area contributed by atoms with Crippen molar-refractivity contribution in [3.05, 3.63) is 53.3 Å². The monoisotopic (exact) mass is 338 g/mol. The van der Waals surface area contributed by atoms with Crippen molar-refractivity contribution >= 4 is 5.91 Å². The summed E-state index contributed by atoms with van der Waals surface area (Å²) in [5.74, 6) is 1.42. The highest BCUT2D eigenvalue weighted by Gasteiger charge is 2.46. The summed E-state index contributed by atoms with van der Waals surface area (Å²) >= 11 is 0. The molecule has 2 aromatic rings. The number of aromatic nitrogens is 2. The summed E-state index contributed by atoms with van der Waals surface area (Å²) in [6, 6.07) is 8.76. The van der Waals surface area contributed by atoms with Crippen LogP contribution in [0.4, 0.5) is 0 Å². The highest BCUT2D eigenvalue weighted by Crippen LogP contribution is 2.43. The molecule has 1 aromatic carbocycles. The number of fused-ring (bicyclic) bond motifs is 1. The molecule has 2 fully saturated rings. The van der Waals surface area contributed by atoms with Crippen molar-refractivity contribution in [2.45, 2.75) is 32.2 Å². The van der Waals surface area contributed by atoms with Crippen LogP contribution in [0.1, 0.15) is 35.6 Å². The number of amides is 1. The lowest BCUT2D eigenvalue weighted by atomic mass is 9.87. The normalized spacial score (nSPS) is 25.3. The summed E-state index contributed by atoms with van der Waals surface area (Å²) in [5, 5.41) is 10.3. The minimum absolute atomic E-state index is 0.225. The van der Waals surface area contributed by atoms with Crippen molar-refractivity contribution in [3.8, 4) is 0 Å². The Morgan fingerprint density at radius 2 is 2.20 bits per heavy atom. The van der Waals surface area contributed by atoms with Crippen LogP contribution in [0.2, 0.25) is 0 Å². The van der Waals surface area contributed by atoms with Crippen LogP contribution >= 0.6 is 0 Å². The predicted molar refractivity (Wildman–Crippen MR) is 97.0 cm³/mol. The van der Waals surface area contributed by atoms with Gasteiger partial charge in [0, 0.05) is 38.2 Å². The second kappa shape index (κ2) is 7.00. The van der Waals surface area contributed by atoms with Crippen LogP contribution in [0.25, 0.3) is 0 Å². The third kappa shape index (κ3) is 3.21. The first-order valence-electron chi connectivity index (χ1n) is 9.27. The number of aromatic amines is 1. The van der Waals surface area contributed by atoms with Crippen molar-refractivity contribution in [2.75, 3.05) is 19.6 Å². The SMILES string of the molecule is Cc1ccccc1[C@@H]1[C@H]2CNC[C@H]2CN1C(=O)CCCc1cn[nH]c1. The van der Waals surface area contributed by atoms with E-state index in [1.54, 1.807) is 0 Å². The van der Waals surface area contributed by atoms with E-state index in [1.165, 1.54) is 16.7 Å². The molecule has 25 heavy (non-hydrogen) atoms. The van der Waals surface area contributed by atoms with E-state index in [0.717, 1.165) is 32.5 Å². The molecule has 5 heteroatoms. The molecule has 132 valence electrons. The molecule has 0 bridgehead atoms. The molecule has 2 aliphatic rings. The largest absolute Gasteiger partial charge is 0.335 e. The van der Waals surface area contributed by atoms with Gasteiger partial charge >= 0.3 is 0 Å². The van der Waals surface area contributed by atoms with Gasteiger partial charge in [0.1, 0.15) is 0 Å². The molecule has 2 saturated heterocycles. The second-order valence-electron chi connectivity index (χ2n) is 7.39. The number of carbonyl (C=O) groups excluding carboxylic acids is 1. The lowest BCUT2D eigenvalue weighted by Crippen LogP contribution is -2.34. The number of benzene rings is 1. The third-order valence-electron chi connectivity index (χ3n) is 5.80. The summed E-state index contributed by atoms with van der Waals surface area (Å²) in [5.41, 5.74) is 3.78. The van der Waals surface area contributed by atoms with Crippen LogP contribution in [-0.2, 0) is 11.2 Å². The molecule has 1 aromatic heterocycles. The van der Waals surface area contributed by atoms with Crippen LogP contribution in [0.5, 0.6) is 0 Å². The minimum atomic E-state index is 0.225. The third-order valence-corrected chi connectivity index (χ3v) is 5.80. The van der Waals surface area contributed by atoms with Gasteiger partial charge in [-0.05, 0) is 42.4 Å². The van der Waals surface area contributed by atoms with Gasteiger partial charge in [-0.3, -0.25) is 9.89 Å². The van der Waals surface area contributed by atoms with E-state index in [4.69, 9.17) is 0 Å². The highest BCUT2D eigenvalue weighted by atomic mass is 16.2. The average molecular weight is 338 g/mol. The molecule has 4 rings (SSSR count). The van der Waals surface area contributed by atoms with E-state index in [-0.39, 0.29) is 6.04 Å². The Labute approximate surface area is 148 Å². The predicted octanol–water partition coefficient (Wildman–Crippen LogP) is 2.46. The van der Waals surface area contributed by atoms with Gasteiger partial charge in [-0.2, -0.15) is 5.10 Å². The first kappa shape index (κ1) is 16.3. The lowest BCUT2D eigenvalue weighted by molar-refractivity contribution is -0.132. The van der Waals surface area contributed by atoms with Gasteiger partial charge in [-0.1, -0.05) is 24.3 Å². The number of nitrogens with zero attached hydrogens (tertiary/aromatic N) is 2. The molecule has 2 N–H and O–H groups in total. The van der Waals surface area contributed by atoms with E-state index >= 15 is 0 Å². The summed E-state index contributed by atoms with van der Waals surface area (Å²) < 4.78 is 0. The molecule has 3 heterocycles. The van der Waals surface area contributed by atoms with Crippen LogP contribution in [0, 0.1) is 18.8 Å². The molecule has 1 amide bonds. The number of rotatable bonds is 5. The molecule has 0 spiro atoms. The Balaban J connectivity index is 1.48. The maximum atomic E-state index is 13.0. The zero-order valence-electron chi connectivity index (χ0n) is 14.7. The van der Waals surface area contributed by atoms with Gasteiger partial charge in [0.25, 0.3) is 0 Å². The number of hydrogen-bond donors (Lipinski definition) is 2. The number of nitrogens with one attached hydrogen (secondary N) is 2. The molecule has 3 atom stereocenters. The molecule has 0 unspecified atom stereocenters. The van der Waals surface area contributed by atoms with Crippen molar-refractivity contribution in [3.63, 3.8) is 0 Å². The Kier molecular flexibility index (Phi) is 4.57. The van der Waals surface area contributed by atoms with Gasteiger partial charge in [0.05, 0.1) is 12.2 Å². The van der Waals surface area contributed by atoms with E-state index < -0.39 is 0 Å². The molecule has 0 saturated carbocycles. The standard InChI is InChI=1S/C20H26N4O/c1-14-5-2-3-7-17(14)20-18-12-21-11-16(18)13-24(20)19(25)8-4-6-15-9-22-23-10-15/h2-3,5,7,9-10,16,18,20-21H,4,6,8,11-13H2,1H3,(H,22,23)/t16-,18-,20+/m0/s1. The quantitative estimate of drug-likeness (QED) is 0.880. The van der Waals surface area contributed by atoms with Gasteiger partial charge in [-0.15, -0.1) is 0 Å². The maximum Gasteiger partial charge on any atom is 0.223 e. The Bertz CT molecular complexity index is 727. The summed E-state index contributed by atoms with van der Waals surface area (Å²) in [6.07, 6.45) is 6.14. The lowest BCUT2D eigenvalue weighted by Gasteiger charge is -2.29. The van der Waals surface area contributed by atoms with Crippen LogP contribution < -0.4 is 5.32 Å². The first-order chi connectivity index (χ1) is 12.2. The van der Waals surface area contributed by atoms with Gasteiger partial charge in [0.15, 0.2) is 0 Å². The van der Waals surface area contributed by atoms with E-state index in [9.17, 15) is 4.79 Å². The van der Waals surface area contributed by atoms with Crippen molar-refractivity contribution in [2.24, 2.45) is 11.8 Å². The minimum Gasteiger partial charge on any atom is -0.335 e. The van der Waals surface area contributed by atoms with Crippen molar-refractivity contribution < 1.29 is 4.79 Å². The fourth-order valence-electron chi connectivity index (χ4n) is 4.50. The summed E-state index contributed by atoms with van der Waals surface area (Å²) in [7, 11) is 0. The smallest absolute Gasteiger partial charge is 0.223 e. The maximum absolute atomic E-state index is 13.0. The zero-order valence-corrected chi connectivity index (χ0v) is 14.7. The van der Waals surface area contributed by atoms with E-state index in [1.807, 2.05) is 12.4 Å². The van der Waals surface area contributed by atoms with E-state index in [2.05, 4.69) is 51.6 Å². The molecular formula is C20H26N4O. The molecule has 2 aliphatic heterocycles. The number of carbonyl (C=O) groups is 1. The molecule has 0 radical (unpaired) electrons. The van der Waals surface area contributed by atoms with Crippen molar-refractivity contribution in [1.82, 2.24) is 20.4 Å². The van der Waals surface area contributed by atoms with Gasteiger partial charge in [0.2, 0.25) is 5.91 Å². The zero-order chi connectivity index (χ0) is 17.2. The van der Waals surface area contributed by atoms with Gasteiger partial charge < -0.3 is 10.2 Å². The topological polar surface area (TPSA) is 61.0 Å². The van der Waals surface area contributed by atoms with Crippen LogP contribution in [0.15, 0.2) is 36.7 Å². The number of aryl methyl sites for hydroxylation is 2. The number of likely N-dealkylation sites (tertiary alicyclic amines) is 1. The molecular weight excluding hydrogens is 312 g/mol. The second-order valence-corrected chi connectivity index (χ2v) is 7.39. The fraction of sp³-hybridized carbons (Fsp3) is 0.500. The number of H-pyrrole nitrogens is 1. The van der Waals surface area contributed by atoms with Crippen LogP contribution in [-0.4, -0.2) is 40.6 Å². The van der Waals surface area contributed by atoms with Crippen molar-refractivity contribution in [1.29, 1.82) is 0 Å². The fourth-order valence-corrected chi connectivity index (χ4v) is 4.50. The first-order valence-corrected chi connectivity index (χ1v) is 9.27. The Morgan fingerprint density at radius 3 is 3.00 bits per heavy atom. The number of hydrogen-bond acceptors (Lipinski definition) is 3. The Morgan fingerprint density at radius 1 is 1.32 bits per heavy atom. The van der Waals surface area contributed by atoms with E-state index in [0.29, 0.717) is 24.2 Å². The van der Waals surface area contributed by atoms with Crippen LogP contribution in [0.3, 0.4) is 0 Å².